The van der Waals surface area contributed by atoms with Crippen molar-refractivity contribution >= 4 is 21.8 Å². The lowest BCUT2D eigenvalue weighted by molar-refractivity contribution is -0.128. The fourth-order valence-electron chi connectivity index (χ4n) is 1.86. The lowest BCUT2D eigenvalue weighted by Crippen LogP contribution is -2.44. The van der Waals surface area contributed by atoms with Gasteiger partial charge in [-0.1, -0.05) is 28.1 Å². The summed E-state index contributed by atoms with van der Waals surface area (Å²) in [5.74, 6) is 0.254. The third-order valence-corrected chi connectivity index (χ3v) is 3.39. The summed E-state index contributed by atoms with van der Waals surface area (Å²) in [6, 6.07) is 8.16. The van der Waals surface area contributed by atoms with Crippen molar-refractivity contribution in [3.8, 4) is 0 Å². The van der Waals surface area contributed by atoms with E-state index in [0.717, 1.165) is 22.9 Å². The Kier molecular flexibility index (Phi) is 3.61. The molecule has 0 bridgehead atoms. The summed E-state index contributed by atoms with van der Waals surface area (Å²) in [6.07, 6.45) is 1.65. The molecule has 1 aliphatic rings. The number of nitrogens with one attached hydrogen (secondary N) is 1. The van der Waals surface area contributed by atoms with Crippen LogP contribution in [-0.2, 0) is 11.3 Å². The van der Waals surface area contributed by atoms with Gasteiger partial charge in [-0.25, -0.2) is 0 Å². The van der Waals surface area contributed by atoms with Gasteiger partial charge >= 0.3 is 0 Å². The van der Waals surface area contributed by atoms with Crippen LogP contribution in [-0.4, -0.2) is 11.9 Å². The normalized spacial score (nSPS) is 23.6. The van der Waals surface area contributed by atoms with Gasteiger partial charge in [0.1, 0.15) is 0 Å². The standard InChI is InChI=1S/C12H15BrN2O/c13-10-3-1-2-8(4-10)7-15-12(16)9-5-11(14)6-9/h1-4,9,11H,5-7,14H2,(H,15,16). The minimum atomic E-state index is 0.127. The second kappa shape index (κ2) is 4.97. The zero-order chi connectivity index (χ0) is 11.5. The first-order chi connectivity index (χ1) is 7.65. The first kappa shape index (κ1) is 11.6. The quantitative estimate of drug-likeness (QED) is 0.888. The third kappa shape index (κ3) is 2.83. The number of carbonyl (C=O) groups is 1. The number of rotatable bonds is 3. The maximum atomic E-state index is 11.7. The summed E-state index contributed by atoms with van der Waals surface area (Å²) in [4.78, 5) is 11.7. The molecule has 2 rings (SSSR count). The molecule has 1 aromatic rings. The minimum absolute atomic E-state index is 0.127. The van der Waals surface area contributed by atoms with Crippen LogP contribution in [0.25, 0.3) is 0 Å². The van der Waals surface area contributed by atoms with Crippen LogP contribution in [0.15, 0.2) is 28.7 Å². The molecule has 0 radical (unpaired) electrons. The summed E-state index contributed by atoms with van der Waals surface area (Å²) < 4.78 is 1.03. The van der Waals surface area contributed by atoms with Crippen LogP contribution in [0.1, 0.15) is 18.4 Å². The Morgan fingerprint density at radius 3 is 2.88 bits per heavy atom. The zero-order valence-corrected chi connectivity index (χ0v) is 10.5. The van der Waals surface area contributed by atoms with E-state index >= 15 is 0 Å². The van der Waals surface area contributed by atoms with Gasteiger partial charge in [0.05, 0.1) is 0 Å². The number of benzene rings is 1. The van der Waals surface area contributed by atoms with E-state index in [0.29, 0.717) is 6.54 Å². The highest BCUT2D eigenvalue weighted by Gasteiger charge is 2.31. The molecule has 16 heavy (non-hydrogen) atoms. The predicted molar refractivity (Wildman–Crippen MR) is 66.7 cm³/mol. The van der Waals surface area contributed by atoms with Gasteiger partial charge in [-0.05, 0) is 30.5 Å². The molecule has 1 aromatic carbocycles. The van der Waals surface area contributed by atoms with E-state index < -0.39 is 0 Å². The molecule has 1 saturated carbocycles. The fraction of sp³-hybridized carbons (Fsp3) is 0.417. The molecule has 3 nitrogen and oxygen atoms in total. The zero-order valence-electron chi connectivity index (χ0n) is 8.95. The molecule has 0 aromatic heterocycles. The SMILES string of the molecule is NC1CC(C(=O)NCc2cccc(Br)c2)C1. The molecule has 1 fully saturated rings. The van der Waals surface area contributed by atoms with Gasteiger partial charge in [-0.2, -0.15) is 0 Å². The van der Waals surface area contributed by atoms with Gasteiger partial charge < -0.3 is 11.1 Å². The van der Waals surface area contributed by atoms with Crippen molar-refractivity contribution in [3.63, 3.8) is 0 Å². The van der Waals surface area contributed by atoms with Crippen molar-refractivity contribution in [1.29, 1.82) is 0 Å². The van der Waals surface area contributed by atoms with Crippen LogP contribution in [0.3, 0.4) is 0 Å². The third-order valence-electron chi connectivity index (χ3n) is 2.90. The van der Waals surface area contributed by atoms with Crippen molar-refractivity contribution in [2.75, 3.05) is 0 Å². The first-order valence-electron chi connectivity index (χ1n) is 5.43. The van der Waals surface area contributed by atoms with Crippen molar-refractivity contribution in [3.05, 3.63) is 34.3 Å². The van der Waals surface area contributed by atoms with E-state index in [-0.39, 0.29) is 17.9 Å². The monoisotopic (exact) mass is 282 g/mol. The van der Waals surface area contributed by atoms with E-state index in [1.54, 1.807) is 0 Å². The maximum Gasteiger partial charge on any atom is 0.223 e. The topological polar surface area (TPSA) is 55.1 Å². The van der Waals surface area contributed by atoms with Crippen LogP contribution in [0.4, 0.5) is 0 Å². The second-order valence-corrected chi connectivity index (χ2v) is 5.19. The highest BCUT2D eigenvalue weighted by atomic mass is 79.9. The van der Waals surface area contributed by atoms with Crippen molar-refractivity contribution in [1.82, 2.24) is 5.32 Å². The van der Waals surface area contributed by atoms with Gasteiger partial charge in [-0.3, -0.25) is 4.79 Å². The van der Waals surface area contributed by atoms with E-state index in [4.69, 9.17) is 5.73 Å². The van der Waals surface area contributed by atoms with Gasteiger partial charge in [-0.15, -0.1) is 0 Å². The molecule has 0 heterocycles. The molecule has 0 aliphatic heterocycles. The highest BCUT2D eigenvalue weighted by molar-refractivity contribution is 9.10. The summed E-state index contributed by atoms with van der Waals surface area (Å²) >= 11 is 3.40. The van der Waals surface area contributed by atoms with E-state index in [2.05, 4.69) is 21.2 Å². The Balaban J connectivity index is 1.81. The highest BCUT2D eigenvalue weighted by Crippen LogP contribution is 2.25. The number of carbonyl (C=O) groups excluding carboxylic acids is 1. The van der Waals surface area contributed by atoms with Crippen LogP contribution in [0, 0.1) is 5.92 Å². The van der Waals surface area contributed by atoms with Gasteiger partial charge in [0.2, 0.25) is 5.91 Å². The summed E-state index contributed by atoms with van der Waals surface area (Å²) in [7, 11) is 0. The summed E-state index contributed by atoms with van der Waals surface area (Å²) in [6.45, 7) is 0.587. The van der Waals surface area contributed by atoms with Gasteiger partial charge in [0.15, 0.2) is 0 Å². The maximum absolute atomic E-state index is 11.7. The second-order valence-electron chi connectivity index (χ2n) is 4.28. The van der Waals surface area contributed by atoms with E-state index in [9.17, 15) is 4.79 Å². The lowest BCUT2D eigenvalue weighted by Gasteiger charge is -2.31. The van der Waals surface area contributed by atoms with Crippen molar-refractivity contribution < 1.29 is 4.79 Å². The number of halogens is 1. The number of hydrogen-bond acceptors (Lipinski definition) is 2. The summed E-state index contributed by atoms with van der Waals surface area (Å²) in [5, 5.41) is 2.93. The van der Waals surface area contributed by atoms with E-state index in [1.807, 2.05) is 24.3 Å². The molecule has 0 spiro atoms. The molecule has 4 heteroatoms. The number of nitrogens with two attached hydrogens (primary N) is 1. The molecular weight excluding hydrogens is 268 g/mol. The molecule has 3 N–H and O–H groups in total. The average Bonchev–Trinajstić information content (AvgIpc) is 2.22. The smallest absolute Gasteiger partial charge is 0.223 e. The van der Waals surface area contributed by atoms with Gasteiger partial charge in [0, 0.05) is 23.0 Å². The molecular formula is C12H15BrN2O. The van der Waals surface area contributed by atoms with Crippen LogP contribution >= 0.6 is 15.9 Å². The Morgan fingerprint density at radius 2 is 2.25 bits per heavy atom. The molecule has 0 saturated heterocycles. The Labute approximate surface area is 104 Å². The minimum Gasteiger partial charge on any atom is -0.352 e. The fourth-order valence-corrected chi connectivity index (χ4v) is 2.30. The average molecular weight is 283 g/mol. The number of amides is 1. The first-order valence-corrected chi connectivity index (χ1v) is 6.22. The molecule has 86 valence electrons. The Morgan fingerprint density at radius 1 is 1.50 bits per heavy atom. The molecule has 1 amide bonds. The molecule has 0 atom stereocenters. The van der Waals surface area contributed by atoms with Crippen molar-refractivity contribution in [2.24, 2.45) is 11.7 Å². The van der Waals surface area contributed by atoms with E-state index in [1.165, 1.54) is 0 Å². The van der Waals surface area contributed by atoms with Crippen molar-refractivity contribution in [2.45, 2.75) is 25.4 Å². The predicted octanol–water partition coefficient (Wildman–Crippen LogP) is 1.80. The number of hydrogen-bond donors (Lipinski definition) is 2. The van der Waals surface area contributed by atoms with Crippen LogP contribution in [0.2, 0.25) is 0 Å². The lowest BCUT2D eigenvalue weighted by atomic mass is 9.80. The Bertz CT molecular complexity index is 388. The Hall–Kier alpha value is -0.870. The molecule has 1 aliphatic carbocycles. The van der Waals surface area contributed by atoms with Gasteiger partial charge in [0.25, 0.3) is 0 Å². The molecule has 0 unspecified atom stereocenters. The summed E-state index contributed by atoms with van der Waals surface area (Å²) in [5.41, 5.74) is 6.75. The van der Waals surface area contributed by atoms with Crippen LogP contribution < -0.4 is 11.1 Å². The largest absolute Gasteiger partial charge is 0.352 e. The van der Waals surface area contributed by atoms with Crippen LogP contribution in [0.5, 0.6) is 0 Å².